The van der Waals surface area contributed by atoms with Gasteiger partial charge >= 0.3 is 0 Å². The second kappa shape index (κ2) is 7.98. The summed E-state index contributed by atoms with van der Waals surface area (Å²) in [6, 6.07) is 10.6. The highest BCUT2D eigenvalue weighted by Crippen LogP contribution is 2.47. The zero-order valence-corrected chi connectivity index (χ0v) is 14.0. The van der Waals surface area contributed by atoms with Crippen LogP contribution >= 0.6 is 12.4 Å². The third-order valence-electron chi connectivity index (χ3n) is 5.10. The highest BCUT2D eigenvalue weighted by molar-refractivity contribution is 5.85. The number of carbonyl (C=O) groups excluding carboxylic acids is 1. The lowest BCUT2D eigenvalue weighted by molar-refractivity contribution is -0.121. The van der Waals surface area contributed by atoms with Gasteiger partial charge in [0.1, 0.15) is 0 Å². The predicted molar refractivity (Wildman–Crippen MR) is 92.4 cm³/mol. The Morgan fingerprint density at radius 2 is 1.86 bits per heavy atom. The second-order valence-electron chi connectivity index (χ2n) is 6.66. The first kappa shape index (κ1) is 17.3. The summed E-state index contributed by atoms with van der Waals surface area (Å²) in [5.41, 5.74) is 1.61. The van der Waals surface area contributed by atoms with E-state index in [2.05, 4.69) is 41.0 Å². The Labute approximate surface area is 139 Å². The highest BCUT2D eigenvalue weighted by atomic mass is 35.5. The molecule has 0 radical (unpaired) electrons. The lowest BCUT2D eigenvalue weighted by Gasteiger charge is -2.22. The molecule has 1 aliphatic heterocycles. The van der Waals surface area contributed by atoms with Crippen molar-refractivity contribution >= 4 is 18.3 Å². The van der Waals surface area contributed by atoms with E-state index >= 15 is 0 Å². The van der Waals surface area contributed by atoms with Gasteiger partial charge in [-0.3, -0.25) is 4.79 Å². The van der Waals surface area contributed by atoms with Gasteiger partial charge in [0, 0.05) is 18.4 Å². The van der Waals surface area contributed by atoms with Crippen molar-refractivity contribution in [3.8, 4) is 0 Å². The molecule has 4 heteroatoms. The van der Waals surface area contributed by atoms with Gasteiger partial charge in [-0.15, -0.1) is 12.4 Å². The van der Waals surface area contributed by atoms with Crippen molar-refractivity contribution in [1.29, 1.82) is 0 Å². The quantitative estimate of drug-likeness (QED) is 0.845. The van der Waals surface area contributed by atoms with E-state index in [4.69, 9.17) is 0 Å². The molecule has 2 N–H and O–H groups in total. The lowest BCUT2D eigenvalue weighted by atomic mass is 9.93. The van der Waals surface area contributed by atoms with Crippen LogP contribution in [0.25, 0.3) is 0 Å². The molecule has 22 heavy (non-hydrogen) atoms. The van der Waals surface area contributed by atoms with Gasteiger partial charge in [0.25, 0.3) is 0 Å². The van der Waals surface area contributed by atoms with Crippen LogP contribution in [-0.4, -0.2) is 25.5 Å². The van der Waals surface area contributed by atoms with E-state index in [0.29, 0.717) is 6.42 Å². The minimum atomic E-state index is 0. The Morgan fingerprint density at radius 1 is 1.18 bits per heavy atom. The normalized spacial score (nSPS) is 20.0. The average Bonchev–Trinajstić information content (AvgIpc) is 3.34. The zero-order chi connectivity index (χ0) is 14.5. The third kappa shape index (κ3) is 4.47. The summed E-state index contributed by atoms with van der Waals surface area (Å²) in [5.74, 6) is 0.969. The Morgan fingerprint density at radius 3 is 2.50 bits per heavy atom. The van der Waals surface area contributed by atoms with Gasteiger partial charge in [-0.05, 0) is 56.7 Å². The molecule has 3 rings (SSSR count). The van der Waals surface area contributed by atoms with Crippen LogP contribution in [0, 0.1) is 5.92 Å². The number of rotatable bonds is 6. The number of amides is 1. The van der Waals surface area contributed by atoms with Gasteiger partial charge in [-0.2, -0.15) is 0 Å². The van der Waals surface area contributed by atoms with E-state index in [1.54, 1.807) is 0 Å². The first-order chi connectivity index (χ1) is 10.3. The fourth-order valence-corrected chi connectivity index (χ4v) is 3.37. The first-order valence-corrected chi connectivity index (χ1v) is 8.31. The number of halogens is 1. The molecule has 3 nitrogen and oxygen atoms in total. The summed E-state index contributed by atoms with van der Waals surface area (Å²) < 4.78 is 0. The third-order valence-corrected chi connectivity index (χ3v) is 5.10. The van der Waals surface area contributed by atoms with E-state index in [9.17, 15) is 4.79 Å². The van der Waals surface area contributed by atoms with Crippen molar-refractivity contribution in [3.05, 3.63) is 35.9 Å². The summed E-state index contributed by atoms with van der Waals surface area (Å²) in [6.07, 6.45) is 6.58. The fourth-order valence-electron chi connectivity index (χ4n) is 3.37. The van der Waals surface area contributed by atoms with E-state index < -0.39 is 0 Å². The molecule has 1 saturated carbocycles. The minimum Gasteiger partial charge on any atom is -0.355 e. The molecule has 0 unspecified atom stereocenters. The van der Waals surface area contributed by atoms with Gasteiger partial charge in [0.15, 0.2) is 0 Å². The summed E-state index contributed by atoms with van der Waals surface area (Å²) in [5, 5.41) is 6.54. The molecule has 1 aromatic carbocycles. The van der Waals surface area contributed by atoms with Gasteiger partial charge in [0.05, 0.1) is 0 Å². The SMILES string of the molecule is Cl.O=C(CCC1CCNCC1)NCC1(c2ccccc2)CC1. The summed E-state index contributed by atoms with van der Waals surface area (Å²) in [4.78, 5) is 12.1. The largest absolute Gasteiger partial charge is 0.355 e. The maximum atomic E-state index is 12.1. The topological polar surface area (TPSA) is 41.1 Å². The molecule has 1 heterocycles. The van der Waals surface area contributed by atoms with Crippen molar-refractivity contribution in [2.45, 2.75) is 43.9 Å². The van der Waals surface area contributed by atoms with Crippen LogP contribution < -0.4 is 10.6 Å². The van der Waals surface area contributed by atoms with Crippen LogP contribution in [0.1, 0.15) is 44.1 Å². The maximum Gasteiger partial charge on any atom is 0.220 e. The van der Waals surface area contributed by atoms with E-state index in [0.717, 1.165) is 32.0 Å². The van der Waals surface area contributed by atoms with Crippen molar-refractivity contribution < 1.29 is 4.79 Å². The monoisotopic (exact) mass is 322 g/mol. The predicted octanol–water partition coefficient (Wildman–Crippen LogP) is 3.04. The Bertz CT molecular complexity index is 467. The van der Waals surface area contributed by atoms with Crippen LogP contribution in [0.5, 0.6) is 0 Å². The average molecular weight is 323 g/mol. The minimum absolute atomic E-state index is 0. The van der Waals surface area contributed by atoms with Crippen LogP contribution in [-0.2, 0) is 10.2 Å². The second-order valence-corrected chi connectivity index (χ2v) is 6.66. The number of carbonyl (C=O) groups is 1. The van der Waals surface area contributed by atoms with E-state index in [1.165, 1.54) is 31.2 Å². The standard InChI is InChI=1S/C18H26N2O.ClH/c21-17(7-6-15-8-12-19-13-9-15)20-14-18(10-11-18)16-4-2-1-3-5-16;/h1-5,15,19H,6-14H2,(H,20,21);1H. The zero-order valence-electron chi connectivity index (χ0n) is 13.1. The molecule has 2 fully saturated rings. The van der Waals surface area contributed by atoms with Crippen molar-refractivity contribution in [2.24, 2.45) is 5.92 Å². The van der Waals surface area contributed by atoms with Crippen molar-refractivity contribution in [3.63, 3.8) is 0 Å². The smallest absolute Gasteiger partial charge is 0.220 e. The Hall–Kier alpha value is -1.06. The fraction of sp³-hybridized carbons (Fsp3) is 0.611. The molecule has 0 bridgehead atoms. The van der Waals surface area contributed by atoms with Crippen LogP contribution in [0.3, 0.4) is 0 Å². The molecule has 2 aliphatic rings. The Balaban J connectivity index is 0.00000176. The molecule has 1 aromatic rings. The van der Waals surface area contributed by atoms with Gasteiger partial charge < -0.3 is 10.6 Å². The molecule has 1 saturated heterocycles. The summed E-state index contributed by atoms with van der Waals surface area (Å²) in [7, 11) is 0. The highest BCUT2D eigenvalue weighted by Gasteiger charge is 2.44. The molecule has 0 aromatic heterocycles. The van der Waals surface area contributed by atoms with Gasteiger partial charge in [-0.1, -0.05) is 30.3 Å². The maximum absolute atomic E-state index is 12.1. The van der Waals surface area contributed by atoms with Crippen LogP contribution in [0.15, 0.2) is 30.3 Å². The lowest BCUT2D eigenvalue weighted by Crippen LogP contribution is -2.33. The molecule has 0 atom stereocenters. The van der Waals surface area contributed by atoms with E-state index in [-0.39, 0.29) is 23.7 Å². The number of piperidine rings is 1. The Kier molecular flexibility index (Phi) is 6.27. The van der Waals surface area contributed by atoms with E-state index in [1.807, 2.05) is 0 Å². The molecular weight excluding hydrogens is 296 g/mol. The van der Waals surface area contributed by atoms with Crippen LogP contribution in [0.2, 0.25) is 0 Å². The number of nitrogens with one attached hydrogen (secondary N) is 2. The van der Waals surface area contributed by atoms with Crippen molar-refractivity contribution in [1.82, 2.24) is 10.6 Å². The molecule has 0 spiro atoms. The number of hydrogen-bond donors (Lipinski definition) is 2. The first-order valence-electron chi connectivity index (χ1n) is 8.31. The molecular formula is C18H27ClN2O. The molecule has 1 amide bonds. The van der Waals surface area contributed by atoms with Gasteiger partial charge in [0.2, 0.25) is 5.91 Å². The van der Waals surface area contributed by atoms with Crippen molar-refractivity contribution in [2.75, 3.05) is 19.6 Å². The summed E-state index contributed by atoms with van der Waals surface area (Å²) in [6.45, 7) is 3.04. The number of hydrogen-bond acceptors (Lipinski definition) is 2. The number of benzene rings is 1. The molecule has 1 aliphatic carbocycles. The van der Waals surface area contributed by atoms with Gasteiger partial charge in [-0.25, -0.2) is 0 Å². The summed E-state index contributed by atoms with van der Waals surface area (Å²) >= 11 is 0. The molecule has 122 valence electrons. The van der Waals surface area contributed by atoms with Crippen LogP contribution in [0.4, 0.5) is 0 Å².